The van der Waals surface area contributed by atoms with Crippen LogP contribution in [0.15, 0.2) is 48.5 Å². The molecular formula is C23H23N5O2. The zero-order valence-electron chi connectivity index (χ0n) is 16.9. The SMILES string of the molecule is CC(C)C(NC(=O)c1cc(-c2ccc3c(c2)CCO3)n[nH]1)c1nc2ccccc2[nH]1. The van der Waals surface area contributed by atoms with Gasteiger partial charge in [0.25, 0.3) is 5.91 Å². The summed E-state index contributed by atoms with van der Waals surface area (Å²) in [5, 5.41) is 10.3. The Kier molecular flexibility index (Phi) is 4.50. The first-order valence-corrected chi connectivity index (χ1v) is 10.2. The Bertz CT molecular complexity index is 1190. The molecule has 0 bridgehead atoms. The van der Waals surface area contributed by atoms with Crippen molar-refractivity contribution in [3.05, 3.63) is 65.6 Å². The average molecular weight is 401 g/mol. The molecule has 0 radical (unpaired) electrons. The van der Waals surface area contributed by atoms with Crippen molar-refractivity contribution in [3.63, 3.8) is 0 Å². The first kappa shape index (κ1) is 18.4. The number of benzene rings is 2. The monoisotopic (exact) mass is 401 g/mol. The second-order valence-electron chi connectivity index (χ2n) is 7.92. The Morgan fingerprint density at radius 3 is 2.87 bits per heavy atom. The lowest BCUT2D eigenvalue weighted by Crippen LogP contribution is -2.32. The van der Waals surface area contributed by atoms with E-state index in [0.717, 1.165) is 40.3 Å². The van der Waals surface area contributed by atoms with Crippen LogP contribution in [0.4, 0.5) is 0 Å². The average Bonchev–Trinajstić information content (AvgIpc) is 3.49. The number of rotatable bonds is 5. The van der Waals surface area contributed by atoms with Crippen molar-refractivity contribution < 1.29 is 9.53 Å². The Labute approximate surface area is 173 Å². The van der Waals surface area contributed by atoms with Crippen LogP contribution in [-0.4, -0.2) is 32.7 Å². The van der Waals surface area contributed by atoms with E-state index in [-0.39, 0.29) is 17.9 Å². The predicted octanol–water partition coefficient (Wildman–Crippen LogP) is 4.02. The highest BCUT2D eigenvalue weighted by atomic mass is 16.5. The molecule has 5 rings (SSSR count). The van der Waals surface area contributed by atoms with Crippen LogP contribution in [0.2, 0.25) is 0 Å². The molecule has 0 spiro atoms. The number of nitrogens with zero attached hydrogens (tertiary/aromatic N) is 2. The number of para-hydroxylation sites is 2. The van der Waals surface area contributed by atoms with Crippen molar-refractivity contribution in [2.45, 2.75) is 26.3 Å². The lowest BCUT2D eigenvalue weighted by molar-refractivity contribution is 0.0918. The number of ether oxygens (including phenoxy) is 1. The lowest BCUT2D eigenvalue weighted by atomic mass is 10.0. The van der Waals surface area contributed by atoms with Crippen molar-refractivity contribution >= 4 is 16.9 Å². The molecule has 4 aromatic rings. The maximum Gasteiger partial charge on any atom is 0.269 e. The highest BCUT2D eigenvalue weighted by molar-refractivity contribution is 5.93. The standard InChI is InChI=1S/C23H23N5O2/c1-13(2)21(22-24-16-5-3-4-6-17(16)25-22)26-23(29)19-12-18(27-28-19)14-7-8-20-15(11-14)9-10-30-20/h3-8,11-13,21H,9-10H2,1-2H3,(H,24,25)(H,26,29)(H,27,28). The Morgan fingerprint density at radius 1 is 1.17 bits per heavy atom. The highest BCUT2D eigenvalue weighted by Gasteiger charge is 2.23. The molecule has 1 aliphatic rings. The minimum absolute atomic E-state index is 0.161. The summed E-state index contributed by atoms with van der Waals surface area (Å²) in [4.78, 5) is 20.9. The van der Waals surface area contributed by atoms with E-state index in [9.17, 15) is 4.79 Å². The van der Waals surface area contributed by atoms with Crippen LogP contribution in [-0.2, 0) is 6.42 Å². The molecule has 1 aliphatic heterocycles. The summed E-state index contributed by atoms with van der Waals surface area (Å²) in [6, 6.07) is 15.4. The largest absolute Gasteiger partial charge is 0.493 e. The number of aromatic nitrogens is 4. The van der Waals surface area contributed by atoms with Crippen LogP contribution < -0.4 is 10.1 Å². The van der Waals surface area contributed by atoms with Gasteiger partial charge in [0.2, 0.25) is 0 Å². The number of hydrogen-bond donors (Lipinski definition) is 3. The number of carbonyl (C=O) groups is 1. The number of carbonyl (C=O) groups excluding carboxylic acids is 1. The third kappa shape index (κ3) is 3.32. The van der Waals surface area contributed by atoms with E-state index >= 15 is 0 Å². The van der Waals surface area contributed by atoms with Crippen molar-refractivity contribution in [3.8, 4) is 17.0 Å². The van der Waals surface area contributed by atoms with Crippen LogP contribution in [0.5, 0.6) is 5.75 Å². The van der Waals surface area contributed by atoms with Gasteiger partial charge in [-0.1, -0.05) is 26.0 Å². The summed E-state index contributed by atoms with van der Waals surface area (Å²) >= 11 is 0. The summed E-state index contributed by atoms with van der Waals surface area (Å²) in [5.74, 6) is 1.63. The molecule has 2 aromatic carbocycles. The topological polar surface area (TPSA) is 95.7 Å². The van der Waals surface area contributed by atoms with Gasteiger partial charge in [-0.05, 0) is 47.9 Å². The van der Waals surface area contributed by atoms with Crippen molar-refractivity contribution in [2.24, 2.45) is 5.92 Å². The van der Waals surface area contributed by atoms with E-state index in [0.29, 0.717) is 12.3 Å². The van der Waals surface area contributed by atoms with Gasteiger partial charge in [-0.3, -0.25) is 9.89 Å². The second kappa shape index (κ2) is 7.33. The van der Waals surface area contributed by atoms with Crippen LogP contribution in [0.25, 0.3) is 22.3 Å². The summed E-state index contributed by atoms with van der Waals surface area (Å²) in [6.45, 7) is 4.83. The van der Waals surface area contributed by atoms with Crippen molar-refractivity contribution in [2.75, 3.05) is 6.61 Å². The Balaban J connectivity index is 1.37. The fraction of sp³-hybridized carbons (Fsp3) is 0.261. The van der Waals surface area contributed by atoms with Gasteiger partial charge >= 0.3 is 0 Å². The fourth-order valence-electron chi connectivity index (χ4n) is 3.82. The van der Waals surface area contributed by atoms with E-state index in [4.69, 9.17) is 4.74 Å². The van der Waals surface area contributed by atoms with E-state index in [1.807, 2.05) is 36.4 Å². The van der Waals surface area contributed by atoms with E-state index in [2.05, 4.69) is 45.4 Å². The predicted molar refractivity (Wildman–Crippen MR) is 114 cm³/mol. The molecule has 0 saturated heterocycles. The van der Waals surface area contributed by atoms with Gasteiger partial charge in [0, 0.05) is 12.0 Å². The molecule has 0 saturated carbocycles. The maximum absolute atomic E-state index is 12.9. The molecule has 7 nitrogen and oxygen atoms in total. The maximum atomic E-state index is 12.9. The highest BCUT2D eigenvalue weighted by Crippen LogP contribution is 2.30. The van der Waals surface area contributed by atoms with Crippen molar-refractivity contribution in [1.29, 1.82) is 0 Å². The zero-order chi connectivity index (χ0) is 20.7. The van der Waals surface area contributed by atoms with Gasteiger partial charge < -0.3 is 15.0 Å². The molecular weight excluding hydrogens is 378 g/mol. The Hall–Kier alpha value is -3.61. The second-order valence-corrected chi connectivity index (χ2v) is 7.92. The number of amides is 1. The summed E-state index contributed by atoms with van der Waals surface area (Å²) in [5.41, 5.74) is 5.13. The molecule has 3 heterocycles. The molecule has 1 unspecified atom stereocenters. The molecule has 7 heteroatoms. The van der Waals surface area contributed by atoms with Crippen LogP contribution in [0.1, 0.15) is 41.8 Å². The van der Waals surface area contributed by atoms with Gasteiger partial charge in [0.15, 0.2) is 0 Å². The fourth-order valence-corrected chi connectivity index (χ4v) is 3.82. The third-order valence-corrected chi connectivity index (χ3v) is 5.46. The first-order valence-electron chi connectivity index (χ1n) is 10.2. The van der Waals surface area contributed by atoms with Gasteiger partial charge in [-0.2, -0.15) is 5.10 Å². The summed E-state index contributed by atoms with van der Waals surface area (Å²) in [7, 11) is 0. The third-order valence-electron chi connectivity index (χ3n) is 5.46. The van der Waals surface area contributed by atoms with Crippen molar-refractivity contribution in [1.82, 2.24) is 25.5 Å². The normalized spacial score (nSPS) is 14.0. The molecule has 30 heavy (non-hydrogen) atoms. The lowest BCUT2D eigenvalue weighted by Gasteiger charge is -2.19. The zero-order valence-corrected chi connectivity index (χ0v) is 16.9. The quantitative estimate of drug-likeness (QED) is 0.471. The number of H-pyrrole nitrogens is 2. The smallest absolute Gasteiger partial charge is 0.269 e. The van der Waals surface area contributed by atoms with Gasteiger partial charge in [-0.15, -0.1) is 0 Å². The number of fused-ring (bicyclic) bond motifs is 2. The molecule has 2 aromatic heterocycles. The van der Waals surface area contributed by atoms with Gasteiger partial charge in [-0.25, -0.2) is 4.98 Å². The summed E-state index contributed by atoms with van der Waals surface area (Å²) < 4.78 is 5.56. The van der Waals surface area contributed by atoms with E-state index in [1.165, 1.54) is 5.56 Å². The first-order chi connectivity index (χ1) is 14.6. The van der Waals surface area contributed by atoms with Gasteiger partial charge in [0.05, 0.1) is 29.4 Å². The van der Waals surface area contributed by atoms with Crippen LogP contribution in [0.3, 0.4) is 0 Å². The van der Waals surface area contributed by atoms with Crippen LogP contribution >= 0.6 is 0 Å². The van der Waals surface area contributed by atoms with Gasteiger partial charge in [0.1, 0.15) is 17.3 Å². The van der Waals surface area contributed by atoms with E-state index < -0.39 is 0 Å². The van der Waals surface area contributed by atoms with E-state index in [1.54, 1.807) is 6.07 Å². The summed E-state index contributed by atoms with van der Waals surface area (Å²) in [6.07, 6.45) is 0.897. The molecule has 1 atom stereocenters. The molecule has 152 valence electrons. The minimum atomic E-state index is -0.242. The number of aromatic amines is 2. The number of nitrogens with one attached hydrogen (secondary N) is 3. The Morgan fingerprint density at radius 2 is 2.03 bits per heavy atom. The molecule has 1 amide bonds. The number of imidazole rings is 1. The minimum Gasteiger partial charge on any atom is -0.493 e. The molecule has 0 fully saturated rings. The van der Waals surface area contributed by atoms with Crippen LogP contribution in [0, 0.1) is 5.92 Å². The molecule has 0 aliphatic carbocycles. The number of hydrogen-bond acceptors (Lipinski definition) is 4. The molecule has 3 N–H and O–H groups in total.